The van der Waals surface area contributed by atoms with Gasteiger partial charge in [-0.05, 0) is 61.9 Å². The molecule has 31 heavy (non-hydrogen) atoms. The number of aromatic nitrogens is 2. The molecule has 1 aliphatic carbocycles. The number of fused-ring (bicyclic) bond motifs is 1. The van der Waals surface area contributed by atoms with Gasteiger partial charge in [-0.25, -0.2) is 9.78 Å². The van der Waals surface area contributed by atoms with Crippen LogP contribution in [-0.4, -0.2) is 42.4 Å². The Morgan fingerprint density at radius 1 is 1.10 bits per heavy atom. The van der Waals surface area contributed by atoms with Crippen molar-refractivity contribution in [3.05, 3.63) is 59.9 Å². The van der Waals surface area contributed by atoms with Crippen LogP contribution < -0.4 is 15.4 Å². The van der Waals surface area contributed by atoms with Crippen LogP contribution in [0.25, 0.3) is 11.0 Å². The predicted octanol–water partition coefficient (Wildman–Crippen LogP) is 4.11. The van der Waals surface area contributed by atoms with Crippen LogP contribution in [0.3, 0.4) is 0 Å². The molecule has 0 spiro atoms. The number of methoxy groups -OCH3 is 2. The second-order valence-electron chi connectivity index (χ2n) is 8.07. The van der Waals surface area contributed by atoms with Crippen LogP contribution >= 0.6 is 0 Å². The molecule has 1 aliphatic rings. The van der Waals surface area contributed by atoms with Gasteiger partial charge >= 0.3 is 6.03 Å². The smallest absolute Gasteiger partial charge is 0.315 e. The monoisotopic (exact) mass is 422 g/mol. The third-order valence-corrected chi connectivity index (χ3v) is 5.98. The molecule has 1 unspecified atom stereocenters. The normalized spacial score (nSPS) is 19.7. The van der Waals surface area contributed by atoms with Crippen LogP contribution in [0.1, 0.15) is 43.1 Å². The first-order chi connectivity index (χ1) is 15.1. The molecule has 0 bridgehead atoms. The molecule has 3 N–H and O–H groups in total. The number of carbonyl (C=O) groups is 1. The molecule has 4 rings (SSSR count). The number of carbonyl (C=O) groups excluding carboxylic acids is 1. The van der Waals surface area contributed by atoms with Crippen molar-refractivity contribution in [2.75, 3.05) is 14.2 Å². The second-order valence-corrected chi connectivity index (χ2v) is 8.07. The third kappa shape index (κ3) is 5.35. The van der Waals surface area contributed by atoms with Crippen molar-refractivity contribution in [1.82, 2.24) is 20.6 Å². The number of urea groups is 1. The maximum Gasteiger partial charge on any atom is 0.315 e. The quantitative estimate of drug-likeness (QED) is 0.535. The maximum absolute atomic E-state index is 12.8. The average Bonchev–Trinajstić information content (AvgIpc) is 3.24. The van der Waals surface area contributed by atoms with Gasteiger partial charge in [-0.2, -0.15) is 0 Å². The molecule has 1 saturated carbocycles. The molecule has 1 aromatic heterocycles. The summed E-state index contributed by atoms with van der Waals surface area (Å²) in [4.78, 5) is 20.9. The Morgan fingerprint density at radius 3 is 2.52 bits per heavy atom. The number of hydrogen-bond acceptors (Lipinski definition) is 4. The standard InChI is InChI=1S/C24H30N4O3/c1-30-18-11-7-16(8-12-18)15-22(23-26-20-5-3-4-6-21(20)27-23)28-24(29)25-17-9-13-19(31-2)14-10-17/h3-8,11-12,17,19,22H,9-10,13-15H2,1-2H3,(H,26,27)(H2,25,28,29). The largest absolute Gasteiger partial charge is 0.497 e. The minimum absolute atomic E-state index is 0.167. The highest BCUT2D eigenvalue weighted by Gasteiger charge is 2.24. The topological polar surface area (TPSA) is 88.3 Å². The molecular formula is C24H30N4O3. The summed E-state index contributed by atoms with van der Waals surface area (Å²) in [6.45, 7) is 0. The lowest BCUT2D eigenvalue weighted by Crippen LogP contribution is -2.46. The highest BCUT2D eigenvalue weighted by atomic mass is 16.5. The number of para-hydroxylation sites is 2. The molecule has 1 fully saturated rings. The Kier molecular flexibility index (Phi) is 6.72. The molecule has 7 nitrogen and oxygen atoms in total. The van der Waals surface area contributed by atoms with Gasteiger partial charge in [-0.1, -0.05) is 24.3 Å². The van der Waals surface area contributed by atoms with Gasteiger partial charge in [-0.15, -0.1) is 0 Å². The zero-order chi connectivity index (χ0) is 21.6. The molecule has 164 valence electrons. The molecule has 1 atom stereocenters. The summed E-state index contributed by atoms with van der Waals surface area (Å²) in [5, 5.41) is 6.27. The fraction of sp³-hybridized carbons (Fsp3) is 0.417. The van der Waals surface area contributed by atoms with Gasteiger partial charge in [0.15, 0.2) is 0 Å². The number of benzene rings is 2. The lowest BCUT2D eigenvalue weighted by Gasteiger charge is -2.29. The summed E-state index contributed by atoms with van der Waals surface area (Å²) in [5.41, 5.74) is 2.93. The molecule has 7 heteroatoms. The van der Waals surface area contributed by atoms with Gasteiger partial charge in [0.25, 0.3) is 0 Å². The molecular weight excluding hydrogens is 392 g/mol. The Labute approximate surface area is 182 Å². The lowest BCUT2D eigenvalue weighted by molar-refractivity contribution is 0.0635. The molecule has 2 amide bonds. The molecule has 2 aromatic carbocycles. The highest BCUT2D eigenvalue weighted by Crippen LogP contribution is 2.23. The summed E-state index contributed by atoms with van der Waals surface area (Å²) >= 11 is 0. The number of amides is 2. The lowest BCUT2D eigenvalue weighted by atomic mass is 9.93. The first-order valence-corrected chi connectivity index (χ1v) is 10.8. The van der Waals surface area contributed by atoms with Gasteiger partial charge in [0.1, 0.15) is 11.6 Å². The molecule has 0 saturated heterocycles. The summed E-state index contributed by atoms with van der Waals surface area (Å²) in [7, 11) is 3.40. The summed E-state index contributed by atoms with van der Waals surface area (Å²) < 4.78 is 10.7. The minimum Gasteiger partial charge on any atom is -0.497 e. The van der Waals surface area contributed by atoms with Crippen LogP contribution in [-0.2, 0) is 11.2 Å². The van der Waals surface area contributed by atoms with Crippen molar-refractivity contribution >= 4 is 17.1 Å². The van der Waals surface area contributed by atoms with Crippen molar-refractivity contribution in [3.63, 3.8) is 0 Å². The number of nitrogens with one attached hydrogen (secondary N) is 3. The number of hydrogen-bond donors (Lipinski definition) is 3. The fourth-order valence-corrected chi connectivity index (χ4v) is 4.18. The Bertz CT molecular complexity index is 960. The van der Waals surface area contributed by atoms with Gasteiger partial charge in [0, 0.05) is 13.2 Å². The highest BCUT2D eigenvalue weighted by molar-refractivity contribution is 5.76. The van der Waals surface area contributed by atoms with Crippen molar-refractivity contribution in [3.8, 4) is 5.75 Å². The van der Waals surface area contributed by atoms with Crippen LogP contribution in [0.2, 0.25) is 0 Å². The predicted molar refractivity (Wildman–Crippen MR) is 120 cm³/mol. The van der Waals surface area contributed by atoms with E-state index in [9.17, 15) is 4.79 Å². The van der Waals surface area contributed by atoms with E-state index in [-0.39, 0.29) is 18.1 Å². The molecule has 3 aromatic rings. The van der Waals surface area contributed by atoms with Gasteiger partial charge < -0.3 is 25.1 Å². The third-order valence-electron chi connectivity index (χ3n) is 5.98. The molecule has 1 heterocycles. The van der Waals surface area contributed by atoms with E-state index in [0.29, 0.717) is 12.5 Å². The van der Waals surface area contributed by atoms with Crippen LogP contribution in [0.4, 0.5) is 4.79 Å². The summed E-state index contributed by atoms with van der Waals surface area (Å²) in [6, 6.07) is 15.5. The van der Waals surface area contributed by atoms with E-state index in [1.54, 1.807) is 14.2 Å². The van der Waals surface area contributed by atoms with E-state index in [0.717, 1.165) is 53.9 Å². The number of rotatable bonds is 7. The number of ether oxygens (including phenoxy) is 2. The van der Waals surface area contributed by atoms with E-state index in [4.69, 9.17) is 14.5 Å². The molecule has 0 radical (unpaired) electrons. The van der Waals surface area contributed by atoms with E-state index >= 15 is 0 Å². The summed E-state index contributed by atoms with van der Waals surface area (Å²) in [6.07, 6.45) is 4.73. The minimum atomic E-state index is -0.281. The van der Waals surface area contributed by atoms with E-state index < -0.39 is 0 Å². The van der Waals surface area contributed by atoms with Crippen molar-refractivity contribution in [2.24, 2.45) is 0 Å². The zero-order valence-corrected chi connectivity index (χ0v) is 18.1. The SMILES string of the molecule is COc1ccc(CC(NC(=O)NC2CCC(OC)CC2)c2nc3ccccc3[nH]2)cc1. The average molecular weight is 423 g/mol. The van der Waals surface area contributed by atoms with Crippen LogP contribution in [0, 0.1) is 0 Å². The van der Waals surface area contributed by atoms with Crippen molar-refractivity contribution in [2.45, 2.75) is 50.3 Å². The first kappa shape index (κ1) is 21.2. The van der Waals surface area contributed by atoms with Gasteiger partial charge in [0.2, 0.25) is 0 Å². The maximum atomic E-state index is 12.8. The van der Waals surface area contributed by atoms with E-state index in [2.05, 4.69) is 15.6 Å². The van der Waals surface area contributed by atoms with Crippen molar-refractivity contribution < 1.29 is 14.3 Å². The Balaban J connectivity index is 1.48. The second kappa shape index (κ2) is 9.83. The van der Waals surface area contributed by atoms with Crippen LogP contribution in [0.15, 0.2) is 48.5 Å². The van der Waals surface area contributed by atoms with Crippen molar-refractivity contribution in [1.29, 1.82) is 0 Å². The number of imidazole rings is 1. The fourth-order valence-electron chi connectivity index (χ4n) is 4.18. The Morgan fingerprint density at radius 2 is 1.84 bits per heavy atom. The van der Waals surface area contributed by atoms with Crippen LogP contribution in [0.5, 0.6) is 5.75 Å². The van der Waals surface area contributed by atoms with Gasteiger partial charge in [-0.3, -0.25) is 0 Å². The first-order valence-electron chi connectivity index (χ1n) is 10.8. The Hall–Kier alpha value is -3.06. The molecule has 0 aliphatic heterocycles. The number of aromatic amines is 1. The number of H-pyrrole nitrogens is 1. The zero-order valence-electron chi connectivity index (χ0n) is 18.1. The van der Waals surface area contributed by atoms with E-state index in [1.165, 1.54) is 0 Å². The summed E-state index contributed by atoms with van der Waals surface area (Å²) in [5.74, 6) is 1.55. The van der Waals surface area contributed by atoms with Gasteiger partial charge in [0.05, 0.1) is 30.3 Å². The number of nitrogens with zero attached hydrogens (tertiary/aromatic N) is 1. The van der Waals surface area contributed by atoms with E-state index in [1.807, 2.05) is 48.5 Å².